The first-order valence-electron chi connectivity index (χ1n) is 7.70. The summed E-state index contributed by atoms with van der Waals surface area (Å²) < 4.78 is 66.4. The lowest BCUT2D eigenvalue weighted by Crippen LogP contribution is -2.37. The number of sulfonamides is 1. The van der Waals surface area contributed by atoms with Crippen LogP contribution in [0.5, 0.6) is 0 Å². The fourth-order valence-corrected chi connectivity index (χ4v) is 4.47. The molecule has 0 aliphatic carbocycles. The number of carbonyl (C=O) groups is 1. The summed E-state index contributed by atoms with van der Waals surface area (Å²) in [7, 11) is -2.67. The van der Waals surface area contributed by atoms with Crippen molar-refractivity contribution in [2.75, 3.05) is 26.7 Å². The highest BCUT2D eigenvalue weighted by molar-refractivity contribution is 7.89. The second-order valence-electron chi connectivity index (χ2n) is 5.97. The summed E-state index contributed by atoms with van der Waals surface area (Å²) in [5.41, 5.74) is 0. The Morgan fingerprint density at radius 1 is 1.24 bits per heavy atom. The van der Waals surface area contributed by atoms with Gasteiger partial charge in [0.2, 0.25) is 10.0 Å². The van der Waals surface area contributed by atoms with Crippen LogP contribution in [-0.2, 0) is 14.8 Å². The van der Waals surface area contributed by atoms with Gasteiger partial charge in [-0.2, -0.15) is 4.31 Å². The average molecular weight is 380 g/mol. The molecule has 0 spiro atoms. The molecule has 1 atom stereocenters. The fraction of sp³-hybridized carbons (Fsp3) is 0.533. The Morgan fingerprint density at radius 3 is 2.56 bits per heavy atom. The zero-order valence-corrected chi connectivity index (χ0v) is 14.4. The first-order valence-corrected chi connectivity index (χ1v) is 9.14. The van der Waals surface area contributed by atoms with Crippen LogP contribution in [0.3, 0.4) is 0 Å². The zero-order chi connectivity index (χ0) is 18.8. The van der Waals surface area contributed by atoms with Crippen molar-refractivity contribution < 1.29 is 31.5 Å². The van der Waals surface area contributed by atoms with Crippen LogP contribution in [0, 0.1) is 17.5 Å². The van der Waals surface area contributed by atoms with E-state index in [9.17, 15) is 26.4 Å². The number of nitrogens with zero attached hydrogens (tertiary/aromatic N) is 2. The van der Waals surface area contributed by atoms with Crippen LogP contribution in [0.4, 0.5) is 13.2 Å². The quantitative estimate of drug-likeness (QED) is 0.787. The van der Waals surface area contributed by atoms with Gasteiger partial charge in [-0.1, -0.05) is 0 Å². The van der Waals surface area contributed by atoms with Crippen LogP contribution in [0.25, 0.3) is 0 Å². The number of aliphatic carboxylic acids is 1. The van der Waals surface area contributed by atoms with Gasteiger partial charge in [-0.05, 0) is 38.4 Å². The van der Waals surface area contributed by atoms with E-state index in [0.717, 1.165) is 4.31 Å². The van der Waals surface area contributed by atoms with E-state index in [1.165, 1.54) is 0 Å². The third-order valence-electron chi connectivity index (χ3n) is 4.28. The lowest BCUT2D eigenvalue weighted by Gasteiger charge is -2.25. The number of hydrogen-bond donors (Lipinski definition) is 1. The third kappa shape index (κ3) is 4.31. The maximum Gasteiger partial charge on any atom is 0.317 e. The highest BCUT2D eigenvalue weighted by Crippen LogP contribution is 2.26. The molecular formula is C15H19F3N2O4S. The molecule has 0 amide bonds. The number of benzene rings is 1. The molecule has 140 valence electrons. The van der Waals surface area contributed by atoms with Crippen LogP contribution in [-0.4, -0.2) is 61.4 Å². The number of rotatable bonds is 5. The van der Waals surface area contributed by atoms with Crippen LogP contribution in [0.2, 0.25) is 0 Å². The molecule has 1 fully saturated rings. The van der Waals surface area contributed by atoms with Gasteiger partial charge in [-0.15, -0.1) is 0 Å². The van der Waals surface area contributed by atoms with E-state index in [1.807, 2.05) is 0 Å². The van der Waals surface area contributed by atoms with Gasteiger partial charge in [0.25, 0.3) is 0 Å². The van der Waals surface area contributed by atoms with Gasteiger partial charge in [-0.25, -0.2) is 21.6 Å². The van der Waals surface area contributed by atoms with Crippen molar-refractivity contribution in [2.24, 2.45) is 0 Å². The van der Waals surface area contributed by atoms with Crippen LogP contribution < -0.4 is 0 Å². The minimum absolute atomic E-state index is 0.0371. The molecule has 0 bridgehead atoms. The molecule has 0 aromatic heterocycles. The predicted octanol–water partition coefficient (Wildman–Crippen LogP) is 1.66. The standard InChI is InChI=1S/C15H19F3N2O4S/c1-19(9-13(21)22)10-3-2-7-20(8-6-10)25(23,24)12-5-4-11(16)14(17)15(12)18/h4-5,10H,2-3,6-9H2,1H3,(H,21,22). The highest BCUT2D eigenvalue weighted by atomic mass is 32.2. The van der Waals surface area contributed by atoms with E-state index >= 15 is 0 Å². The number of carboxylic acids is 1. The molecule has 2 rings (SSSR count). The topological polar surface area (TPSA) is 77.9 Å². The third-order valence-corrected chi connectivity index (χ3v) is 6.20. The lowest BCUT2D eigenvalue weighted by atomic mass is 10.1. The van der Waals surface area contributed by atoms with Crippen LogP contribution >= 0.6 is 0 Å². The molecular weight excluding hydrogens is 361 g/mol. The molecule has 1 aliphatic heterocycles. The number of halogens is 3. The second-order valence-corrected chi connectivity index (χ2v) is 7.88. The largest absolute Gasteiger partial charge is 0.480 e. The number of hydrogen-bond acceptors (Lipinski definition) is 4. The van der Waals surface area contributed by atoms with Crippen molar-refractivity contribution in [3.05, 3.63) is 29.6 Å². The van der Waals surface area contributed by atoms with E-state index < -0.39 is 38.3 Å². The maximum absolute atomic E-state index is 13.9. The first-order chi connectivity index (χ1) is 11.6. The summed E-state index contributed by atoms with van der Waals surface area (Å²) >= 11 is 0. The molecule has 1 heterocycles. The normalized spacial score (nSPS) is 19.8. The minimum atomic E-state index is -4.31. The van der Waals surface area contributed by atoms with E-state index in [-0.39, 0.29) is 25.7 Å². The lowest BCUT2D eigenvalue weighted by molar-refractivity contribution is -0.138. The Labute approximate surface area is 143 Å². The Balaban J connectivity index is 2.19. The van der Waals surface area contributed by atoms with Crippen molar-refractivity contribution in [3.8, 4) is 0 Å². The average Bonchev–Trinajstić information content (AvgIpc) is 2.78. The number of likely N-dealkylation sites (N-methyl/N-ethyl adjacent to an activating group) is 1. The van der Waals surface area contributed by atoms with Gasteiger partial charge >= 0.3 is 5.97 Å². The second kappa shape index (κ2) is 7.71. The van der Waals surface area contributed by atoms with Gasteiger partial charge in [0.1, 0.15) is 4.90 Å². The summed E-state index contributed by atoms with van der Waals surface area (Å²) in [5, 5.41) is 8.84. The summed E-state index contributed by atoms with van der Waals surface area (Å²) in [6.07, 6.45) is 1.38. The number of carboxylic acid groups (broad SMARTS) is 1. The molecule has 0 radical (unpaired) electrons. The molecule has 1 aromatic rings. The fourth-order valence-electron chi connectivity index (χ4n) is 2.92. The van der Waals surface area contributed by atoms with Crippen molar-refractivity contribution in [3.63, 3.8) is 0 Å². The highest BCUT2D eigenvalue weighted by Gasteiger charge is 2.32. The van der Waals surface area contributed by atoms with Crippen molar-refractivity contribution in [2.45, 2.75) is 30.2 Å². The van der Waals surface area contributed by atoms with Crippen LogP contribution in [0.1, 0.15) is 19.3 Å². The predicted molar refractivity (Wildman–Crippen MR) is 83.0 cm³/mol. The Hall–Kier alpha value is -1.65. The molecule has 0 saturated carbocycles. The molecule has 25 heavy (non-hydrogen) atoms. The van der Waals surface area contributed by atoms with Gasteiger partial charge < -0.3 is 5.11 Å². The van der Waals surface area contributed by atoms with Gasteiger partial charge in [0.05, 0.1) is 6.54 Å². The minimum Gasteiger partial charge on any atom is -0.480 e. The Bertz CT molecular complexity index is 757. The molecule has 1 aromatic carbocycles. The van der Waals surface area contributed by atoms with Gasteiger partial charge in [-0.3, -0.25) is 9.69 Å². The summed E-state index contributed by atoms with van der Waals surface area (Å²) in [6.45, 7) is -0.0389. The van der Waals surface area contributed by atoms with E-state index in [2.05, 4.69) is 0 Å². The summed E-state index contributed by atoms with van der Waals surface area (Å²) in [4.78, 5) is 11.5. The molecule has 1 N–H and O–H groups in total. The Kier molecular flexibility index (Phi) is 6.07. The molecule has 6 nitrogen and oxygen atoms in total. The van der Waals surface area contributed by atoms with Crippen molar-refractivity contribution >= 4 is 16.0 Å². The zero-order valence-electron chi connectivity index (χ0n) is 13.6. The van der Waals surface area contributed by atoms with Crippen molar-refractivity contribution in [1.29, 1.82) is 0 Å². The maximum atomic E-state index is 13.9. The molecule has 1 saturated heterocycles. The van der Waals surface area contributed by atoms with Crippen molar-refractivity contribution in [1.82, 2.24) is 9.21 Å². The molecule has 10 heteroatoms. The van der Waals surface area contributed by atoms with Gasteiger partial charge in [0.15, 0.2) is 17.5 Å². The molecule has 1 unspecified atom stereocenters. The van der Waals surface area contributed by atoms with E-state index in [4.69, 9.17) is 5.11 Å². The monoisotopic (exact) mass is 380 g/mol. The summed E-state index contributed by atoms with van der Waals surface area (Å²) in [6, 6.07) is 1.15. The first kappa shape index (κ1) is 19.7. The summed E-state index contributed by atoms with van der Waals surface area (Å²) in [5.74, 6) is -6.00. The van der Waals surface area contributed by atoms with E-state index in [0.29, 0.717) is 31.4 Å². The van der Waals surface area contributed by atoms with E-state index in [1.54, 1.807) is 11.9 Å². The SMILES string of the molecule is CN(CC(=O)O)C1CCCN(S(=O)(=O)c2ccc(F)c(F)c2F)CC1. The molecule has 1 aliphatic rings. The Morgan fingerprint density at radius 2 is 1.92 bits per heavy atom. The van der Waals surface area contributed by atoms with Gasteiger partial charge in [0, 0.05) is 19.1 Å². The van der Waals surface area contributed by atoms with Crippen LogP contribution in [0.15, 0.2) is 17.0 Å². The smallest absolute Gasteiger partial charge is 0.317 e.